The van der Waals surface area contributed by atoms with E-state index in [2.05, 4.69) is 61.6 Å². The summed E-state index contributed by atoms with van der Waals surface area (Å²) in [5.74, 6) is 7.85. The topological polar surface area (TPSA) is 124 Å². The van der Waals surface area contributed by atoms with E-state index >= 15 is 0 Å². The fraction of sp³-hybridized carbons (Fsp3) is 0.333. The van der Waals surface area contributed by atoms with Crippen LogP contribution in [0.2, 0.25) is 0 Å². The third-order valence-electron chi connectivity index (χ3n) is 5.71. The van der Waals surface area contributed by atoms with E-state index in [0.29, 0.717) is 48.5 Å². The Morgan fingerprint density at radius 1 is 0.919 bits per heavy atom. The number of aryl methyl sites for hydroxylation is 1. The fourth-order valence-corrected chi connectivity index (χ4v) is 3.94. The Kier molecular flexibility index (Phi) is 7.47. The van der Waals surface area contributed by atoms with E-state index in [1.807, 2.05) is 0 Å². The van der Waals surface area contributed by atoms with Crippen LogP contribution < -0.4 is 9.80 Å². The van der Waals surface area contributed by atoms with Crippen LogP contribution in [0.25, 0.3) is 11.4 Å². The van der Waals surface area contributed by atoms with Crippen LogP contribution in [0.1, 0.15) is 11.1 Å². The van der Waals surface area contributed by atoms with Gasteiger partial charge in [0.25, 0.3) is 0 Å². The third kappa shape index (κ3) is 5.81. The molecule has 37 heavy (non-hydrogen) atoms. The monoisotopic (exact) mass is 501 g/mol. The Balaban J connectivity index is 1.24. The van der Waals surface area contributed by atoms with Gasteiger partial charge in [-0.25, -0.2) is 39.3 Å². The van der Waals surface area contributed by atoms with E-state index in [1.165, 1.54) is 17.3 Å². The Morgan fingerprint density at radius 3 is 2.30 bits per heavy atom. The van der Waals surface area contributed by atoms with Gasteiger partial charge in [-0.2, -0.15) is 5.10 Å². The molecule has 1 atom stereocenters. The number of rotatable bonds is 7. The third-order valence-corrected chi connectivity index (χ3v) is 5.71. The number of hydrogen-bond donors (Lipinski definition) is 0. The fourth-order valence-electron chi connectivity index (χ4n) is 3.94. The average molecular weight is 502 g/mol. The molecule has 5 rings (SSSR count). The van der Waals surface area contributed by atoms with E-state index in [9.17, 15) is 4.39 Å². The molecular weight excluding hydrogens is 477 g/mol. The first-order valence-corrected chi connectivity index (χ1v) is 11.6. The smallest absolute Gasteiger partial charge is 0.228 e. The molecule has 5 heterocycles. The molecule has 1 aliphatic heterocycles. The zero-order valence-corrected chi connectivity index (χ0v) is 20.1. The summed E-state index contributed by atoms with van der Waals surface area (Å²) in [6, 6.07) is 0.0344. The van der Waals surface area contributed by atoms with Gasteiger partial charge in [0, 0.05) is 57.7 Å². The molecule has 1 aliphatic rings. The number of nitrogens with zero attached hydrogens (tertiary/aromatic N) is 11. The number of halogens is 1. The first kappa shape index (κ1) is 24.1. The summed E-state index contributed by atoms with van der Waals surface area (Å²) in [4.78, 5) is 34.4. The summed E-state index contributed by atoms with van der Waals surface area (Å²) in [5.41, 5.74) is 2.05. The van der Waals surface area contributed by atoms with Crippen molar-refractivity contribution in [1.29, 1.82) is 0 Å². The van der Waals surface area contributed by atoms with Gasteiger partial charge < -0.3 is 14.5 Å². The summed E-state index contributed by atoms with van der Waals surface area (Å²) >= 11 is 0. The molecule has 0 N–H and O–H groups in total. The lowest BCUT2D eigenvalue weighted by molar-refractivity contribution is 0.173. The molecule has 188 valence electrons. The van der Waals surface area contributed by atoms with Crippen LogP contribution in [0.15, 0.2) is 49.8 Å². The van der Waals surface area contributed by atoms with Crippen LogP contribution in [0.3, 0.4) is 0 Å². The van der Waals surface area contributed by atoms with E-state index in [-0.39, 0.29) is 12.6 Å². The average Bonchev–Trinajstić information content (AvgIpc) is 3.42. The van der Waals surface area contributed by atoms with Crippen molar-refractivity contribution in [3.63, 3.8) is 0 Å². The Morgan fingerprint density at radius 2 is 1.62 bits per heavy atom. The van der Waals surface area contributed by atoms with Crippen LogP contribution in [0, 0.1) is 11.8 Å². The van der Waals surface area contributed by atoms with Crippen molar-refractivity contribution >= 4 is 11.9 Å². The summed E-state index contributed by atoms with van der Waals surface area (Å²) in [6.07, 6.45) is 13.0. The first-order chi connectivity index (χ1) is 18.2. The quantitative estimate of drug-likeness (QED) is 0.337. The second kappa shape index (κ2) is 11.4. The predicted molar refractivity (Wildman–Crippen MR) is 132 cm³/mol. The Bertz CT molecular complexity index is 1350. The molecule has 12 nitrogen and oxygen atoms in total. The molecule has 0 spiro atoms. The number of anilines is 2. The zero-order chi connectivity index (χ0) is 25.5. The summed E-state index contributed by atoms with van der Waals surface area (Å²) in [7, 11) is 1.68. The number of piperazine rings is 1. The lowest BCUT2D eigenvalue weighted by Crippen LogP contribution is -2.56. The molecule has 0 radical (unpaired) electrons. The standard InChI is InChI=1S/C24H24FN11O/c1-37-15-21-14-34(23-31-16-26-17-32-23)6-7-36(21)24-29-10-19(11-30-24)3-2-18-8-27-22(28-9-18)20-12-33-35(13-20)5-4-25/h8-13,16-17,21H,4-7,14-15H2,1H3/t21-/m0/s1. The van der Waals surface area contributed by atoms with Crippen molar-refractivity contribution in [3.05, 3.63) is 61.0 Å². The minimum Gasteiger partial charge on any atom is -0.382 e. The second-order valence-electron chi connectivity index (χ2n) is 8.18. The number of aromatic nitrogens is 9. The summed E-state index contributed by atoms with van der Waals surface area (Å²) in [5, 5.41) is 4.09. The molecule has 0 aromatic carbocycles. The molecule has 1 saturated heterocycles. The molecule has 4 aromatic rings. The van der Waals surface area contributed by atoms with Gasteiger partial charge in [0.2, 0.25) is 11.9 Å². The lowest BCUT2D eigenvalue weighted by Gasteiger charge is -2.41. The highest BCUT2D eigenvalue weighted by Gasteiger charge is 2.30. The van der Waals surface area contributed by atoms with Crippen molar-refractivity contribution in [2.45, 2.75) is 12.6 Å². The van der Waals surface area contributed by atoms with E-state index < -0.39 is 6.67 Å². The SMILES string of the molecule is COC[C@@H]1CN(c2ncncn2)CCN1c1ncc(C#Cc2cnc(-c3cnn(CCF)c3)nc2)cn1. The number of hydrogen-bond acceptors (Lipinski definition) is 11. The molecule has 0 saturated carbocycles. The van der Waals surface area contributed by atoms with E-state index in [0.717, 1.165) is 12.1 Å². The van der Waals surface area contributed by atoms with Gasteiger partial charge in [0.1, 0.15) is 19.3 Å². The Hall–Kier alpha value is -4.57. The van der Waals surface area contributed by atoms with Crippen molar-refractivity contribution in [1.82, 2.24) is 44.7 Å². The van der Waals surface area contributed by atoms with Gasteiger partial charge in [0.15, 0.2) is 5.82 Å². The molecule has 0 unspecified atom stereocenters. The highest BCUT2D eigenvalue weighted by atomic mass is 19.1. The number of alkyl halides is 1. The van der Waals surface area contributed by atoms with Crippen LogP contribution in [-0.2, 0) is 11.3 Å². The van der Waals surface area contributed by atoms with Crippen LogP contribution in [-0.4, -0.2) is 90.7 Å². The van der Waals surface area contributed by atoms with Crippen molar-refractivity contribution in [2.24, 2.45) is 0 Å². The minimum atomic E-state index is -0.479. The van der Waals surface area contributed by atoms with Crippen LogP contribution >= 0.6 is 0 Å². The highest BCUT2D eigenvalue weighted by Crippen LogP contribution is 2.19. The maximum atomic E-state index is 12.5. The molecule has 0 aliphatic carbocycles. The Labute approximate surface area is 212 Å². The first-order valence-electron chi connectivity index (χ1n) is 11.6. The molecule has 0 amide bonds. The van der Waals surface area contributed by atoms with Gasteiger partial charge in [0.05, 0.1) is 42.1 Å². The zero-order valence-electron chi connectivity index (χ0n) is 20.1. The second-order valence-corrected chi connectivity index (χ2v) is 8.18. The van der Waals surface area contributed by atoms with E-state index in [4.69, 9.17) is 4.74 Å². The molecule has 0 bridgehead atoms. The predicted octanol–water partition coefficient (Wildman–Crippen LogP) is 1.03. The van der Waals surface area contributed by atoms with Crippen LogP contribution in [0.4, 0.5) is 16.3 Å². The summed E-state index contributed by atoms with van der Waals surface area (Å²) in [6.45, 7) is 2.33. The molecular formula is C24H24FN11O. The summed E-state index contributed by atoms with van der Waals surface area (Å²) < 4.78 is 19.4. The largest absolute Gasteiger partial charge is 0.382 e. The van der Waals surface area contributed by atoms with Gasteiger partial charge in [-0.1, -0.05) is 11.8 Å². The van der Waals surface area contributed by atoms with E-state index in [1.54, 1.807) is 44.3 Å². The number of ether oxygens (including phenoxy) is 1. The molecule has 4 aromatic heterocycles. The van der Waals surface area contributed by atoms with Crippen molar-refractivity contribution < 1.29 is 9.13 Å². The normalized spacial score (nSPS) is 15.4. The maximum Gasteiger partial charge on any atom is 0.228 e. The van der Waals surface area contributed by atoms with Crippen molar-refractivity contribution in [3.8, 4) is 23.2 Å². The van der Waals surface area contributed by atoms with Gasteiger partial charge >= 0.3 is 0 Å². The van der Waals surface area contributed by atoms with Crippen LogP contribution in [0.5, 0.6) is 0 Å². The highest BCUT2D eigenvalue weighted by molar-refractivity contribution is 5.52. The van der Waals surface area contributed by atoms with Gasteiger partial charge in [-0.15, -0.1) is 0 Å². The van der Waals surface area contributed by atoms with Crippen molar-refractivity contribution in [2.75, 3.05) is 49.8 Å². The van der Waals surface area contributed by atoms with Gasteiger partial charge in [-0.3, -0.25) is 4.68 Å². The number of methoxy groups -OCH3 is 1. The van der Waals surface area contributed by atoms with Gasteiger partial charge in [-0.05, 0) is 0 Å². The lowest BCUT2D eigenvalue weighted by atomic mass is 10.2. The maximum absolute atomic E-state index is 12.5. The molecule has 1 fully saturated rings. The minimum absolute atomic E-state index is 0.0344. The molecule has 13 heteroatoms.